The van der Waals surface area contributed by atoms with Crippen LogP contribution in [0.4, 0.5) is 5.69 Å². The first kappa shape index (κ1) is 20.3. The van der Waals surface area contributed by atoms with E-state index in [1.54, 1.807) is 19.1 Å². The molecule has 27 heavy (non-hydrogen) atoms. The fraction of sp³-hybridized carbons (Fsp3) is 0.353. The molecule has 2 rings (SSSR count). The van der Waals surface area contributed by atoms with Gasteiger partial charge in [-0.15, -0.1) is 0 Å². The van der Waals surface area contributed by atoms with Crippen molar-refractivity contribution in [3.8, 4) is 0 Å². The Morgan fingerprint density at radius 2 is 1.85 bits per heavy atom. The van der Waals surface area contributed by atoms with Gasteiger partial charge in [0.15, 0.2) is 5.11 Å². The van der Waals surface area contributed by atoms with Gasteiger partial charge in [-0.3, -0.25) is 24.7 Å². The van der Waals surface area contributed by atoms with E-state index >= 15 is 0 Å². The minimum atomic E-state index is -0.926. The Labute approximate surface area is 161 Å². The zero-order valence-corrected chi connectivity index (χ0v) is 16.0. The summed E-state index contributed by atoms with van der Waals surface area (Å²) in [5.74, 6) is -1.68. The van der Waals surface area contributed by atoms with E-state index in [-0.39, 0.29) is 24.0 Å². The number of amides is 3. The van der Waals surface area contributed by atoms with Gasteiger partial charge < -0.3 is 10.1 Å². The number of likely N-dealkylation sites (N-methyl/N-ethyl adjacent to an activating group) is 1. The molecule has 144 valence electrons. The Hall–Kier alpha value is -3.01. The molecule has 2 N–H and O–H groups in total. The molecule has 1 heterocycles. The van der Waals surface area contributed by atoms with Crippen molar-refractivity contribution in [2.45, 2.75) is 26.3 Å². The van der Waals surface area contributed by atoms with Gasteiger partial charge in [0.05, 0.1) is 18.6 Å². The van der Waals surface area contributed by atoms with Crippen LogP contribution in [0.5, 0.6) is 0 Å². The summed E-state index contributed by atoms with van der Waals surface area (Å²) in [7, 11) is 1.48. The topological polar surface area (TPSA) is 108 Å². The van der Waals surface area contributed by atoms with E-state index in [0.29, 0.717) is 11.3 Å². The lowest BCUT2D eigenvalue weighted by Crippen LogP contribution is -2.48. The van der Waals surface area contributed by atoms with Crippen molar-refractivity contribution in [3.63, 3.8) is 0 Å². The minimum absolute atomic E-state index is 0.117. The van der Waals surface area contributed by atoms with Gasteiger partial charge in [-0.2, -0.15) is 0 Å². The molecule has 0 bridgehead atoms. The van der Waals surface area contributed by atoms with Crippen LogP contribution in [-0.4, -0.2) is 58.4 Å². The quantitative estimate of drug-likeness (QED) is 0.541. The zero-order valence-electron chi connectivity index (χ0n) is 15.1. The largest absolute Gasteiger partial charge is 0.462 e. The van der Waals surface area contributed by atoms with Crippen LogP contribution < -0.4 is 10.7 Å². The number of hydrogen-bond donors (Lipinski definition) is 2. The highest BCUT2D eigenvalue weighted by Gasteiger charge is 2.42. The standard InChI is InChI=1S/C17H20N4O5S/c1-4-26-16(25)11-5-7-12(8-6-11)18-14(23)9-13-15(24)20(3)17(27)21(13)19-10(2)22/h5-8,13H,4,9H2,1-3H3,(H,18,23)(H,19,22). The minimum Gasteiger partial charge on any atom is -0.462 e. The van der Waals surface area contributed by atoms with Crippen molar-refractivity contribution >= 4 is 46.7 Å². The number of nitrogens with one attached hydrogen (secondary N) is 2. The van der Waals surface area contributed by atoms with Crippen LogP contribution in [0.1, 0.15) is 30.6 Å². The number of carbonyl (C=O) groups excluding carboxylic acids is 4. The molecule has 0 radical (unpaired) electrons. The third-order valence-corrected chi connectivity index (χ3v) is 4.23. The summed E-state index contributed by atoms with van der Waals surface area (Å²) in [6.07, 6.45) is -0.205. The Balaban J connectivity index is 2.03. The first-order valence-electron chi connectivity index (χ1n) is 8.19. The third-order valence-electron chi connectivity index (χ3n) is 3.76. The number of nitrogens with zero attached hydrogens (tertiary/aromatic N) is 2. The summed E-state index contributed by atoms with van der Waals surface area (Å²) in [5, 5.41) is 3.98. The van der Waals surface area contributed by atoms with Crippen LogP contribution in [0.3, 0.4) is 0 Å². The van der Waals surface area contributed by atoms with Crippen molar-refractivity contribution in [3.05, 3.63) is 29.8 Å². The molecule has 1 saturated heterocycles. The van der Waals surface area contributed by atoms with Gasteiger partial charge >= 0.3 is 5.97 Å². The highest BCUT2D eigenvalue weighted by atomic mass is 32.1. The van der Waals surface area contributed by atoms with Gasteiger partial charge in [0.1, 0.15) is 6.04 Å². The lowest BCUT2D eigenvalue weighted by atomic mass is 10.1. The van der Waals surface area contributed by atoms with Gasteiger partial charge in [-0.05, 0) is 43.4 Å². The van der Waals surface area contributed by atoms with Crippen LogP contribution in [0.25, 0.3) is 0 Å². The van der Waals surface area contributed by atoms with Crippen LogP contribution in [0.15, 0.2) is 24.3 Å². The van der Waals surface area contributed by atoms with Gasteiger partial charge in [0.25, 0.3) is 5.91 Å². The predicted octanol–water partition coefficient (Wildman–Crippen LogP) is 0.670. The SMILES string of the molecule is CCOC(=O)c1ccc(NC(=O)CC2C(=O)N(C)C(=S)N2NC(C)=O)cc1. The summed E-state index contributed by atoms with van der Waals surface area (Å²) in [5.41, 5.74) is 3.29. The van der Waals surface area contributed by atoms with E-state index in [9.17, 15) is 19.2 Å². The lowest BCUT2D eigenvalue weighted by Gasteiger charge is -2.23. The summed E-state index contributed by atoms with van der Waals surface area (Å²) < 4.78 is 4.89. The zero-order chi connectivity index (χ0) is 20.1. The highest BCUT2D eigenvalue weighted by Crippen LogP contribution is 2.18. The average Bonchev–Trinajstić information content (AvgIpc) is 2.80. The lowest BCUT2D eigenvalue weighted by molar-refractivity contribution is -0.131. The molecule has 1 fully saturated rings. The number of benzene rings is 1. The fourth-order valence-electron chi connectivity index (χ4n) is 2.49. The number of carbonyl (C=O) groups is 4. The Kier molecular flexibility index (Phi) is 6.45. The summed E-state index contributed by atoms with van der Waals surface area (Å²) in [6, 6.07) is 5.25. The van der Waals surface area contributed by atoms with Crippen LogP contribution in [0.2, 0.25) is 0 Å². The average molecular weight is 392 g/mol. The number of hydrogen-bond acceptors (Lipinski definition) is 6. The number of ether oxygens (including phenoxy) is 1. The van der Waals surface area contributed by atoms with E-state index in [0.717, 1.165) is 0 Å². The molecule has 0 aliphatic carbocycles. The first-order valence-corrected chi connectivity index (χ1v) is 8.60. The molecule has 0 saturated carbocycles. The summed E-state index contributed by atoms with van der Waals surface area (Å²) >= 11 is 5.12. The smallest absolute Gasteiger partial charge is 0.338 e. The van der Waals surface area contributed by atoms with Gasteiger partial charge in [0, 0.05) is 19.7 Å². The molecule has 3 amide bonds. The molecular weight excluding hydrogens is 372 g/mol. The molecule has 1 aliphatic heterocycles. The second-order valence-corrected chi connectivity index (χ2v) is 6.15. The van der Waals surface area contributed by atoms with Crippen molar-refractivity contribution in [2.75, 3.05) is 19.0 Å². The van der Waals surface area contributed by atoms with E-state index in [4.69, 9.17) is 17.0 Å². The molecule has 1 aliphatic rings. The molecule has 1 unspecified atom stereocenters. The number of esters is 1. The number of rotatable bonds is 6. The molecule has 9 nitrogen and oxygen atoms in total. The van der Waals surface area contributed by atoms with Crippen LogP contribution in [-0.2, 0) is 19.1 Å². The molecule has 1 aromatic rings. The predicted molar refractivity (Wildman–Crippen MR) is 100 cm³/mol. The maximum Gasteiger partial charge on any atom is 0.338 e. The summed E-state index contributed by atoms with van der Waals surface area (Å²) in [4.78, 5) is 48.8. The number of anilines is 1. The van der Waals surface area contributed by atoms with Crippen LogP contribution in [0, 0.1) is 0 Å². The number of thiocarbonyl (C=S) groups is 1. The molecular formula is C17H20N4O5S. The maximum absolute atomic E-state index is 12.3. The van der Waals surface area contributed by atoms with Crippen molar-refractivity contribution in [1.82, 2.24) is 15.3 Å². The number of hydrazine groups is 1. The van der Waals surface area contributed by atoms with Gasteiger partial charge in [-0.1, -0.05) is 0 Å². The van der Waals surface area contributed by atoms with Crippen LogP contribution >= 0.6 is 12.2 Å². The van der Waals surface area contributed by atoms with E-state index in [1.165, 1.54) is 36.0 Å². The second-order valence-electron chi connectivity index (χ2n) is 5.78. The van der Waals surface area contributed by atoms with E-state index in [2.05, 4.69) is 10.7 Å². The van der Waals surface area contributed by atoms with E-state index in [1.807, 2.05) is 0 Å². The maximum atomic E-state index is 12.3. The first-order chi connectivity index (χ1) is 12.7. The highest BCUT2D eigenvalue weighted by molar-refractivity contribution is 7.80. The molecule has 1 aromatic carbocycles. The monoisotopic (exact) mass is 392 g/mol. The Bertz CT molecular complexity index is 780. The molecule has 0 aromatic heterocycles. The van der Waals surface area contributed by atoms with Crippen molar-refractivity contribution in [2.24, 2.45) is 0 Å². The fourth-order valence-corrected chi connectivity index (χ4v) is 2.75. The Morgan fingerprint density at radius 1 is 1.22 bits per heavy atom. The second kappa shape index (κ2) is 8.58. The summed E-state index contributed by atoms with van der Waals surface area (Å²) in [6.45, 7) is 3.27. The molecule has 1 atom stereocenters. The van der Waals surface area contributed by atoms with Crippen molar-refractivity contribution in [1.29, 1.82) is 0 Å². The van der Waals surface area contributed by atoms with Gasteiger partial charge in [-0.25, -0.2) is 9.80 Å². The third kappa shape index (κ3) is 4.79. The normalized spacial score (nSPS) is 16.3. The van der Waals surface area contributed by atoms with Crippen molar-refractivity contribution < 1.29 is 23.9 Å². The Morgan fingerprint density at radius 3 is 2.41 bits per heavy atom. The van der Waals surface area contributed by atoms with Gasteiger partial charge in [0.2, 0.25) is 11.8 Å². The van der Waals surface area contributed by atoms with E-state index < -0.39 is 23.8 Å². The molecule has 10 heteroatoms. The molecule has 0 spiro atoms.